The minimum atomic E-state index is -0.399. The molecular weight excluding hydrogens is 504 g/mol. The molecule has 5 rings (SSSR count). The monoisotopic (exact) mass is 526 g/mol. The van der Waals surface area contributed by atoms with Gasteiger partial charge < -0.3 is 9.88 Å². The second-order valence-corrected chi connectivity index (χ2v) is 10.5. The summed E-state index contributed by atoms with van der Waals surface area (Å²) in [7, 11) is 0. The van der Waals surface area contributed by atoms with Crippen LogP contribution in [-0.4, -0.2) is 20.6 Å². The largest absolute Gasteiger partial charge is 0.318 e. The Morgan fingerprint density at radius 3 is 2.27 bits per heavy atom. The van der Waals surface area contributed by atoms with Gasteiger partial charge in [0, 0.05) is 39.0 Å². The van der Waals surface area contributed by atoms with E-state index in [-0.39, 0.29) is 11.6 Å². The normalized spacial score (nSPS) is 15.4. The van der Waals surface area contributed by atoms with Gasteiger partial charge in [0.25, 0.3) is 11.6 Å². The predicted molar refractivity (Wildman–Crippen MR) is 150 cm³/mol. The van der Waals surface area contributed by atoms with Crippen molar-refractivity contribution >= 4 is 52.0 Å². The van der Waals surface area contributed by atoms with Crippen molar-refractivity contribution in [3.8, 4) is 5.69 Å². The van der Waals surface area contributed by atoms with Gasteiger partial charge in [0.05, 0.1) is 15.5 Å². The van der Waals surface area contributed by atoms with Crippen LogP contribution in [0.3, 0.4) is 0 Å². The van der Waals surface area contributed by atoms with Crippen LogP contribution in [0.5, 0.6) is 0 Å². The molecular formula is C28H22N4O3S2. The molecule has 1 fully saturated rings. The van der Waals surface area contributed by atoms with Crippen LogP contribution in [0.1, 0.15) is 17.0 Å². The first-order valence-corrected chi connectivity index (χ1v) is 13.1. The van der Waals surface area contributed by atoms with E-state index in [2.05, 4.69) is 20.9 Å². The van der Waals surface area contributed by atoms with Crippen molar-refractivity contribution in [2.75, 3.05) is 0 Å². The molecule has 1 aliphatic rings. The van der Waals surface area contributed by atoms with Crippen molar-refractivity contribution in [1.29, 1.82) is 0 Å². The standard InChI is InChI=1S/C28H22N4O3S2/c1-18-16-20(17-26-27(33)30-28(37-26)29-21-6-4-3-5-7-21)19(2)31(18)22-8-12-24(13-9-22)36-25-14-10-23(11-15-25)32(34)35/h3-17H,1-2H3,(H,29,30,33)/b26-17+. The minimum Gasteiger partial charge on any atom is -0.318 e. The number of amidine groups is 1. The van der Waals surface area contributed by atoms with Gasteiger partial charge in [-0.3, -0.25) is 14.9 Å². The molecule has 0 aliphatic carbocycles. The average Bonchev–Trinajstić information content (AvgIpc) is 3.37. The van der Waals surface area contributed by atoms with Crippen molar-refractivity contribution in [3.63, 3.8) is 0 Å². The molecule has 1 aliphatic heterocycles. The van der Waals surface area contributed by atoms with Crippen LogP contribution < -0.4 is 5.32 Å². The zero-order chi connectivity index (χ0) is 25.9. The molecule has 184 valence electrons. The number of aromatic nitrogens is 1. The Kier molecular flexibility index (Phi) is 6.98. The van der Waals surface area contributed by atoms with Crippen LogP contribution in [0, 0.1) is 24.0 Å². The lowest BCUT2D eigenvalue weighted by molar-refractivity contribution is -0.384. The highest BCUT2D eigenvalue weighted by atomic mass is 32.2. The highest BCUT2D eigenvalue weighted by molar-refractivity contribution is 8.18. The number of nitro groups is 1. The molecule has 0 unspecified atom stereocenters. The molecule has 0 bridgehead atoms. The van der Waals surface area contributed by atoms with Crippen molar-refractivity contribution in [2.45, 2.75) is 23.6 Å². The molecule has 1 amide bonds. The van der Waals surface area contributed by atoms with Gasteiger partial charge in [-0.05, 0) is 91.8 Å². The summed E-state index contributed by atoms with van der Waals surface area (Å²) in [6.07, 6.45) is 1.91. The van der Waals surface area contributed by atoms with Crippen LogP contribution in [0.4, 0.5) is 11.4 Å². The van der Waals surface area contributed by atoms with Crippen molar-refractivity contribution in [3.05, 3.63) is 117 Å². The third kappa shape index (κ3) is 5.52. The number of benzene rings is 3. The van der Waals surface area contributed by atoms with Gasteiger partial charge in [-0.15, -0.1) is 0 Å². The fourth-order valence-electron chi connectivity index (χ4n) is 4.01. The number of aryl methyl sites for hydroxylation is 1. The summed E-state index contributed by atoms with van der Waals surface area (Å²) < 4.78 is 2.16. The maximum atomic E-state index is 12.6. The van der Waals surface area contributed by atoms with Crippen molar-refractivity contribution in [1.82, 2.24) is 9.88 Å². The number of nitrogens with one attached hydrogen (secondary N) is 1. The first-order valence-electron chi connectivity index (χ1n) is 11.4. The van der Waals surface area contributed by atoms with E-state index in [1.165, 1.54) is 23.9 Å². The number of hydrogen-bond donors (Lipinski definition) is 1. The van der Waals surface area contributed by atoms with E-state index in [0.717, 1.165) is 38.1 Å². The quantitative estimate of drug-likeness (QED) is 0.165. The number of thioether (sulfide) groups is 1. The summed E-state index contributed by atoms with van der Waals surface area (Å²) >= 11 is 2.88. The Morgan fingerprint density at radius 2 is 1.62 bits per heavy atom. The SMILES string of the molecule is Cc1cc(/C=C2/SC(=Nc3ccccc3)NC2=O)c(C)n1-c1ccc(Sc2ccc([N+](=O)[O-])cc2)cc1. The first-order chi connectivity index (χ1) is 17.9. The molecule has 2 heterocycles. The molecule has 7 nitrogen and oxygen atoms in total. The lowest BCUT2D eigenvalue weighted by atomic mass is 10.2. The highest BCUT2D eigenvalue weighted by Crippen LogP contribution is 2.32. The Balaban J connectivity index is 1.34. The van der Waals surface area contributed by atoms with E-state index in [1.54, 1.807) is 23.9 Å². The summed E-state index contributed by atoms with van der Waals surface area (Å²) in [6, 6.07) is 26.3. The van der Waals surface area contributed by atoms with Gasteiger partial charge >= 0.3 is 0 Å². The van der Waals surface area contributed by atoms with E-state index in [9.17, 15) is 14.9 Å². The van der Waals surface area contributed by atoms with Crippen LogP contribution >= 0.6 is 23.5 Å². The number of aliphatic imine (C=N–C) groups is 1. The number of amides is 1. The Bertz CT molecular complexity index is 1540. The van der Waals surface area contributed by atoms with Crippen LogP contribution in [0.2, 0.25) is 0 Å². The van der Waals surface area contributed by atoms with Crippen molar-refractivity contribution in [2.24, 2.45) is 4.99 Å². The fraction of sp³-hybridized carbons (Fsp3) is 0.0714. The molecule has 3 aromatic carbocycles. The molecule has 0 radical (unpaired) electrons. The van der Waals surface area contributed by atoms with E-state index < -0.39 is 4.92 Å². The predicted octanol–water partition coefficient (Wildman–Crippen LogP) is 7.05. The van der Waals surface area contributed by atoms with Gasteiger partial charge in [0.1, 0.15) is 0 Å². The topological polar surface area (TPSA) is 89.5 Å². The summed E-state index contributed by atoms with van der Waals surface area (Å²) in [5.74, 6) is -0.155. The molecule has 1 aromatic heterocycles. The Morgan fingerprint density at radius 1 is 0.973 bits per heavy atom. The van der Waals surface area contributed by atoms with E-state index in [0.29, 0.717) is 10.1 Å². The van der Waals surface area contributed by atoms with Gasteiger partial charge in [0.2, 0.25) is 0 Å². The Labute approximate surface area is 222 Å². The molecule has 4 aromatic rings. The van der Waals surface area contributed by atoms with E-state index in [4.69, 9.17) is 0 Å². The lowest BCUT2D eigenvalue weighted by Crippen LogP contribution is -2.19. The number of hydrogen-bond acceptors (Lipinski definition) is 6. The van der Waals surface area contributed by atoms with Crippen LogP contribution in [-0.2, 0) is 4.79 Å². The average molecular weight is 527 g/mol. The third-order valence-electron chi connectivity index (χ3n) is 5.77. The summed E-state index contributed by atoms with van der Waals surface area (Å²) in [5, 5.41) is 14.3. The molecule has 0 spiro atoms. The minimum absolute atomic E-state index is 0.0808. The zero-order valence-electron chi connectivity index (χ0n) is 20.0. The second kappa shape index (κ2) is 10.5. The highest BCUT2D eigenvalue weighted by Gasteiger charge is 2.24. The number of carbonyl (C=O) groups excluding carboxylic acids is 1. The second-order valence-electron chi connectivity index (χ2n) is 8.33. The molecule has 37 heavy (non-hydrogen) atoms. The fourth-order valence-corrected chi connectivity index (χ4v) is 5.66. The number of rotatable bonds is 6. The number of nitrogens with zero attached hydrogens (tertiary/aromatic N) is 3. The molecule has 1 N–H and O–H groups in total. The number of non-ortho nitro benzene ring substituents is 1. The van der Waals surface area contributed by atoms with Gasteiger partial charge in [-0.25, -0.2) is 4.99 Å². The third-order valence-corrected chi connectivity index (χ3v) is 7.70. The van der Waals surface area contributed by atoms with Gasteiger partial charge in [-0.2, -0.15) is 0 Å². The van der Waals surface area contributed by atoms with Crippen LogP contribution in [0.25, 0.3) is 11.8 Å². The molecule has 0 atom stereocenters. The maximum Gasteiger partial charge on any atom is 0.269 e. The van der Waals surface area contributed by atoms with E-state index >= 15 is 0 Å². The lowest BCUT2D eigenvalue weighted by Gasteiger charge is -2.11. The zero-order valence-corrected chi connectivity index (χ0v) is 21.7. The van der Waals surface area contributed by atoms with Crippen LogP contribution in [0.15, 0.2) is 105 Å². The maximum absolute atomic E-state index is 12.6. The molecule has 0 saturated carbocycles. The number of carbonyl (C=O) groups is 1. The number of nitro benzene ring substituents is 1. The smallest absolute Gasteiger partial charge is 0.269 e. The number of para-hydroxylation sites is 1. The molecule has 9 heteroatoms. The summed E-state index contributed by atoms with van der Waals surface area (Å²) in [6.45, 7) is 4.08. The summed E-state index contributed by atoms with van der Waals surface area (Å²) in [5.41, 5.74) is 4.95. The van der Waals surface area contributed by atoms with Crippen molar-refractivity contribution < 1.29 is 9.72 Å². The first kappa shape index (κ1) is 24.6. The van der Waals surface area contributed by atoms with Gasteiger partial charge in [0.15, 0.2) is 5.17 Å². The van der Waals surface area contributed by atoms with E-state index in [1.807, 2.05) is 74.5 Å². The Hall–Kier alpha value is -4.08. The molecule has 1 saturated heterocycles. The van der Waals surface area contributed by atoms with Gasteiger partial charge in [-0.1, -0.05) is 30.0 Å². The summed E-state index contributed by atoms with van der Waals surface area (Å²) in [4.78, 5) is 30.1.